The van der Waals surface area contributed by atoms with Crippen molar-refractivity contribution in [1.29, 1.82) is 0 Å². The van der Waals surface area contributed by atoms with Gasteiger partial charge in [0, 0.05) is 11.8 Å². The van der Waals surface area contributed by atoms with Gasteiger partial charge in [-0.1, -0.05) is 19.1 Å². The summed E-state index contributed by atoms with van der Waals surface area (Å²) in [6, 6.07) is -0.354. The number of carbonyl (C=O) groups is 2. The second-order valence-electron chi connectivity index (χ2n) is 8.60. The molecule has 5 aliphatic rings. The monoisotopic (exact) mass is 433 g/mol. The van der Waals surface area contributed by atoms with Crippen LogP contribution in [-0.4, -0.2) is 28.5 Å². The Morgan fingerprint density at radius 1 is 1.00 bits per heavy atom. The summed E-state index contributed by atoms with van der Waals surface area (Å²) in [5, 5.41) is 0. The molecule has 1 aliphatic heterocycles. The average Bonchev–Trinajstić information content (AvgIpc) is 3.45. The van der Waals surface area contributed by atoms with Gasteiger partial charge in [-0.05, 0) is 95.8 Å². The molecule has 5 heteroatoms. The van der Waals surface area contributed by atoms with Crippen molar-refractivity contribution >= 4 is 12.0 Å². The topological polar surface area (TPSA) is 46.6 Å². The normalized spacial score (nSPS) is 37.3. The molecular formula is C24H27FeNO3+2. The van der Waals surface area contributed by atoms with Crippen LogP contribution in [0.25, 0.3) is 0 Å². The van der Waals surface area contributed by atoms with Crippen molar-refractivity contribution in [3.8, 4) is 0 Å². The quantitative estimate of drug-likeness (QED) is 0.489. The molecule has 0 aromatic rings. The van der Waals surface area contributed by atoms with Crippen LogP contribution in [0.2, 0.25) is 0 Å². The van der Waals surface area contributed by atoms with Gasteiger partial charge in [0.25, 0.3) is 0 Å². The van der Waals surface area contributed by atoms with Crippen molar-refractivity contribution in [3.63, 3.8) is 0 Å². The summed E-state index contributed by atoms with van der Waals surface area (Å²) in [7, 11) is 0. The Morgan fingerprint density at radius 2 is 1.55 bits per heavy atom. The van der Waals surface area contributed by atoms with Gasteiger partial charge < -0.3 is 4.74 Å². The molecule has 2 amide bonds. The van der Waals surface area contributed by atoms with Crippen LogP contribution >= 0.6 is 0 Å². The number of cyclic esters (lactones) is 1. The third kappa shape index (κ3) is 4.32. The van der Waals surface area contributed by atoms with Gasteiger partial charge in [-0.3, -0.25) is 4.79 Å². The van der Waals surface area contributed by atoms with Crippen LogP contribution in [0.3, 0.4) is 0 Å². The van der Waals surface area contributed by atoms with E-state index in [1.54, 1.807) is 0 Å². The molecule has 0 unspecified atom stereocenters. The SMILES string of the molecule is C[C@@H]1[C@@H](C(=O)N2C(=O)OC(C)(C)[C@H]2[C]2[CH][CH][CH][CH]2)[C@@H]2C=C[C@H]1C2.[CH]1[CH][CH][CH][CH]1.[Fe+2]. The largest absolute Gasteiger partial charge is 2.00 e. The van der Waals surface area contributed by atoms with Crippen LogP contribution in [0.15, 0.2) is 12.2 Å². The van der Waals surface area contributed by atoms with Crippen molar-refractivity contribution in [2.75, 3.05) is 0 Å². The van der Waals surface area contributed by atoms with Crippen LogP contribution in [0.1, 0.15) is 27.2 Å². The van der Waals surface area contributed by atoms with Gasteiger partial charge in [0.15, 0.2) is 0 Å². The molecule has 2 bridgehead atoms. The standard InChI is InChI=1S/C19H22NO3.C5H5.Fe/c1-11-13-8-9-14(10-13)15(11)17(21)20-16(12-6-4-5-7-12)19(2,3)23-18(20)22;1-2-4-5-3-1;/h4-9,11,13-16H,10H2,1-3H3;1-5H;/q;;+2/t11-,13-,14+,15+,16+;;/m0../s1. The minimum atomic E-state index is -0.711. The smallest absolute Gasteiger partial charge is 0.441 e. The van der Waals surface area contributed by atoms with Crippen molar-refractivity contribution in [1.82, 2.24) is 4.90 Å². The summed E-state index contributed by atoms with van der Waals surface area (Å²) in [4.78, 5) is 27.1. The fourth-order valence-corrected chi connectivity index (χ4v) is 5.04. The maximum atomic E-state index is 13.2. The Morgan fingerprint density at radius 3 is 2.07 bits per heavy atom. The summed E-state index contributed by atoms with van der Waals surface area (Å²) in [6.45, 7) is 5.88. The summed E-state index contributed by atoms with van der Waals surface area (Å²) >= 11 is 0. The van der Waals surface area contributed by atoms with Gasteiger partial charge in [-0.15, -0.1) is 0 Å². The van der Waals surface area contributed by atoms with E-state index in [0.717, 1.165) is 12.3 Å². The zero-order valence-corrected chi connectivity index (χ0v) is 18.1. The molecule has 3 saturated carbocycles. The summed E-state index contributed by atoms with van der Waals surface area (Å²) < 4.78 is 5.54. The fourth-order valence-electron chi connectivity index (χ4n) is 5.04. The van der Waals surface area contributed by atoms with Crippen LogP contribution in [0.4, 0.5) is 4.79 Å². The van der Waals surface area contributed by atoms with E-state index in [1.807, 2.05) is 71.6 Å². The molecule has 0 aromatic heterocycles. The summed E-state index contributed by atoms with van der Waals surface area (Å²) in [6.07, 6.45) is 22.7. The van der Waals surface area contributed by atoms with E-state index in [2.05, 4.69) is 19.1 Å². The van der Waals surface area contributed by atoms with Crippen LogP contribution < -0.4 is 0 Å². The van der Waals surface area contributed by atoms with Crippen LogP contribution in [-0.2, 0) is 26.6 Å². The number of hydrogen-bond acceptors (Lipinski definition) is 3. The molecule has 5 atom stereocenters. The number of ether oxygens (including phenoxy) is 1. The molecular weight excluding hydrogens is 406 g/mol. The molecule has 4 fully saturated rings. The molecule has 1 heterocycles. The van der Waals surface area contributed by atoms with E-state index in [9.17, 15) is 9.59 Å². The number of nitrogens with zero attached hydrogens (tertiary/aromatic N) is 1. The zero-order chi connectivity index (χ0) is 19.9. The molecule has 5 rings (SSSR count). The van der Waals surface area contributed by atoms with E-state index in [0.29, 0.717) is 5.92 Å². The van der Waals surface area contributed by atoms with E-state index < -0.39 is 11.7 Å². The molecule has 1 saturated heterocycles. The minimum Gasteiger partial charge on any atom is -0.441 e. The number of imide groups is 1. The fraction of sp³-hybridized carbons (Fsp3) is 0.417. The predicted molar refractivity (Wildman–Crippen MR) is 107 cm³/mol. The van der Waals surface area contributed by atoms with E-state index in [1.165, 1.54) is 4.90 Å². The number of fused-ring (bicyclic) bond motifs is 2. The minimum absolute atomic E-state index is 0. The third-order valence-electron chi connectivity index (χ3n) is 6.40. The number of carbonyl (C=O) groups excluding carboxylic acids is 2. The molecule has 29 heavy (non-hydrogen) atoms. The summed E-state index contributed by atoms with van der Waals surface area (Å²) in [5.74, 6) is 1.80. The zero-order valence-electron chi connectivity index (χ0n) is 17.0. The summed E-state index contributed by atoms with van der Waals surface area (Å²) in [5.41, 5.74) is -0.711. The van der Waals surface area contributed by atoms with Crippen LogP contribution in [0.5, 0.6) is 0 Å². The molecule has 10 radical (unpaired) electrons. The van der Waals surface area contributed by atoms with Crippen LogP contribution in [0, 0.1) is 87.4 Å². The van der Waals surface area contributed by atoms with Gasteiger partial charge in [0.2, 0.25) is 5.91 Å². The predicted octanol–water partition coefficient (Wildman–Crippen LogP) is 3.99. The Labute approximate surface area is 186 Å². The molecule has 0 aromatic carbocycles. The molecule has 0 N–H and O–H groups in total. The number of hydrogen-bond donors (Lipinski definition) is 0. The average molecular weight is 433 g/mol. The van der Waals surface area contributed by atoms with Crippen molar-refractivity contribution in [3.05, 3.63) is 75.9 Å². The first-order chi connectivity index (χ1) is 13.4. The molecule has 4 aliphatic carbocycles. The molecule has 152 valence electrons. The molecule has 4 nitrogen and oxygen atoms in total. The first-order valence-corrected chi connectivity index (χ1v) is 10.0. The van der Waals surface area contributed by atoms with Gasteiger partial charge >= 0.3 is 23.2 Å². The van der Waals surface area contributed by atoms with Gasteiger partial charge in [0.05, 0.1) is 6.04 Å². The van der Waals surface area contributed by atoms with E-state index in [-0.39, 0.29) is 46.8 Å². The third-order valence-corrected chi connectivity index (χ3v) is 6.40. The van der Waals surface area contributed by atoms with E-state index in [4.69, 9.17) is 4.74 Å². The number of rotatable bonds is 2. The maximum Gasteiger partial charge on any atom is 2.00 e. The molecule has 0 spiro atoms. The van der Waals surface area contributed by atoms with Gasteiger partial charge in [-0.25, -0.2) is 9.69 Å². The van der Waals surface area contributed by atoms with E-state index >= 15 is 0 Å². The number of allylic oxidation sites excluding steroid dienone is 2. The Balaban J connectivity index is 0.000000352. The van der Waals surface area contributed by atoms with Gasteiger partial charge in [-0.2, -0.15) is 0 Å². The second-order valence-corrected chi connectivity index (χ2v) is 8.60. The van der Waals surface area contributed by atoms with Crippen molar-refractivity contribution < 1.29 is 31.4 Å². The Hall–Kier alpha value is -0.801. The maximum absolute atomic E-state index is 13.2. The van der Waals surface area contributed by atoms with Gasteiger partial charge in [0.1, 0.15) is 5.60 Å². The Bertz CT molecular complexity index is 628. The second kappa shape index (κ2) is 9.14. The van der Waals surface area contributed by atoms with Crippen molar-refractivity contribution in [2.45, 2.75) is 38.8 Å². The first kappa shape index (κ1) is 22.9. The first-order valence-electron chi connectivity index (χ1n) is 10.0. The Kier molecular flexibility index (Phi) is 7.21. The van der Waals surface area contributed by atoms with Crippen molar-refractivity contribution in [2.24, 2.45) is 23.7 Å². The number of amides is 2.